The van der Waals surface area contributed by atoms with Crippen LogP contribution in [0.25, 0.3) is 0 Å². The van der Waals surface area contributed by atoms with Crippen molar-refractivity contribution in [2.24, 2.45) is 5.92 Å². The molecule has 2 aromatic carbocycles. The van der Waals surface area contributed by atoms with E-state index in [1.54, 1.807) is 31.6 Å². The molecule has 39 heavy (non-hydrogen) atoms. The Balaban J connectivity index is 1.69. The number of benzene rings is 2. The molecule has 0 saturated carbocycles. The predicted molar refractivity (Wildman–Crippen MR) is 150 cm³/mol. The molecule has 0 radical (unpaired) electrons. The van der Waals surface area contributed by atoms with E-state index in [9.17, 15) is 14.4 Å². The van der Waals surface area contributed by atoms with Crippen LogP contribution in [-0.2, 0) is 19.9 Å². The number of carbonyl (C=O) groups excluding carboxylic acids is 3. The Labute approximate surface area is 230 Å². The van der Waals surface area contributed by atoms with Crippen LogP contribution in [-0.4, -0.2) is 55.6 Å². The highest BCUT2D eigenvalue weighted by molar-refractivity contribution is 5.94. The first kappa shape index (κ1) is 29.8. The number of methoxy groups -OCH3 is 1. The molecule has 0 aliphatic heterocycles. The summed E-state index contributed by atoms with van der Waals surface area (Å²) < 4.78 is 6.27. The van der Waals surface area contributed by atoms with Crippen molar-refractivity contribution in [1.29, 1.82) is 0 Å². The lowest BCUT2D eigenvalue weighted by Gasteiger charge is -2.36. The van der Waals surface area contributed by atoms with E-state index in [4.69, 9.17) is 9.94 Å². The van der Waals surface area contributed by atoms with Gasteiger partial charge in [0.2, 0.25) is 11.8 Å². The van der Waals surface area contributed by atoms with Crippen LogP contribution in [0.1, 0.15) is 60.0 Å². The Morgan fingerprint density at radius 3 is 2.23 bits per heavy atom. The third kappa shape index (κ3) is 7.43. The summed E-state index contributed by atoms with van der Waals surface area (Å²) in [7, 11) is 5.13. The lowest BCUT2D eigenvalue weighted by Crippen LogP contribution is -2.35. The SMILES string of the molecule is COC(C1=CCC(C(=O)NCCCCCCC(=O)NO)C=C1)(c1ccccc1)c1ccc(C(=O)N(C)C)cc1. The van der Waals surface area contributed by atoms with E-state index in [0.717, 1.165) is 36.0 Å². The van der Waals surface area contributed by atoms with Gasteiger partial charge in [0.1, 0.15) is 5.60 Å². The fourth-order valence-electron chi connectivity index (χ4n) is 4.87. The fourth-order valence-corrected chi connectivity index (χ4v) is 4.87. The van der Waals surface area contributed by atoms with Crippen molar-refractivity contribution in [2.75, 3.05) is 27.7 Å². The zero-order valence-corrected chi connectivity index (χ0v) is 23.0. The van der Waals surface area contributed by atoms with Gasteiger partial charge >= 0.3 is 0 Å². The third-order valence-corrected chi connectivity index (χ3v) is 7.03. The second-order valence-corrected chi connectivity index (χ2v) is 9.88. The van der Waals surface area contributed by atoms with E-state index in [1.807, 2.05) is 66.7 Å². The second kappa shape index (κ2) is 14.4. The Morgan fingerprint density at radius 1 is 0.974 bits per heavy atom. The van der Waals surface area contributed by atoms with E-state index in [1.165, 1.54) is 0 Å². The minimum absolute atomic E-state index is 0.0181. The summed E-state index contributed by atoms with van der Waals surface area (Å²) in [6, 6.07) is 17.4. The first-order chi connectivity index (χ1) is 18.8. The van der Waals surface area contributed by atoms with Crippen LogP contribution in [0.2, 0.25) is 0 Å². The van der Waals surface area contributed by atoms with Crippen LogP contribution >= 0.6 is 0 Å². The average molecular weight is 534 g/mol. The Kier molecular flexibility index (Phi) is 11.0. The highest BCUT2D eigenvalue weighted by Crippen LogP contribution is 2.42. The van der Waals surface area contributed by atoms with Crippen LogP contribution in [0, 0.1) is 5.92 Å². The molecule has 0 saturated heterocycles. The molecule has 1 aliphatic carbocycles. The van der Waals surface area contributed by atoms with Gasteiger partial charge in [-0.1, -0.05) is 73.5 Å². The summed E-state index contributed by atoms with van der Waals surface area (Å²) in [5.41, 5.74) is 4.11. The summed E-state index contributed by atoms with van der Waals surface area (Å²) in [4.78, 5) is 37.8. The summed E-state index contributed by atoms with van der Waals surface area (Å²) in [5, 5.41) is 11.5. The number of allylic oxidation sites excluding steroid dienone is 1. The van der Waals surface area contributed by atoms with Gasteiger partial charge in [0.05, 0.1) is 5.92 Å². The number of nitrogens with one attached hydrogen (secondary N) is 2. The molecule has 8 nitrogen and oxygen atoms in total. The fraction of sp³-hybridized carbons (Fsp3) is 0.387. The molecule has 208 valence electrons. The molecule has 3 N–H and O–H groups in total. The van der Waals surface area contributed by atoms with Crippen molar-refractivity contribution in [1.82, 2.24) is 15.7 Å². The number of unbranched alkanes of at least 4 members (excludes halogenated alkanes) is 3. The molecule has 1 aliphatic rings. The van der Waals surface area contributed by atoms with Crippen LogP contribution in [0.3, 0.4) is 0 Å². The maximum atomic E-state index is 12.8. The summed E-state index contributed by atoms with van der Waals surface area (Å²) in [5.74, 6) is -0.729. The van der Waals surface area contributed by atoms with Crippen LogP contribution in [0.4, 0.5) is 0 Å². The normalized spacial score (nSPS) is 16.1. The number of amides is 3. The van der Waals surface area contributed by atoms with Gasteiger partial charge in [0, 0.05) is 39.7 Å². The van der Waals surface area contributed by atoms with Gasteiger partial charge in [0.25, 0.3) is 5.91 Å². The first-order valence-electron chi connectivity index (χ1n) is 13.4. The maximum Gasteiger partial charge on any atom is 0.253 e. The second-order valence-electron chi connectivity index (χ2n) is 9.88. The first-order valence-corrected chi connectivity index (χ1v) is 13.4. The zero-order chi connectivity index (χ0) is 28.3. The van der Waals surface area contributed by atoms with E-state index in [0.29, 0.717) is 31.4 Å². The van der Waals surface area contributed by atoms with E-state index in [-0.39, 0.29) is 23.6 Å². The maximum absolute atomic E-state index is 12.8. The highest BCUT2D eigenvalue weighted by Gasteiger charge is 2.38. The van der Waals surface area contributed by atoms with Crippen molar-refractivity contribution in [2.45, 2.75) is 44.1 Å². The molecule has 8 heteroatoms. The Bertz CT molecular complexity index is 1170. The number of hydrogen-bond acceptors (Lipinski definition) is 5. The Hall–Kier alpha value is -3.75. The Morgan fingerprint density at radius 2 is 1.64 bits per heavy atom. The number of hydrogen-bond donors (Lipinski definition) is 3. The predicted octanol–water partition coefficient (Wildman–Crippen LogP) is 4.35. The molecule has 0 heterocycles. The average Bonchev–Trinajstić information content (AvgIpc) is 2.97. The smallest absolute Gasteiger partial charge is 0.253 e. The molecule has 0 fully saturated rings. The van der Waals surface area contributed by atoms with Gasteiger partial charge in [0.15, 0.2) is 0 Å². The molecule has 3 rings (SSSR count). The zero-order valence-electron chi connectivity index (χ0n) is 23.0. The summed E-state index contributed by atoms with van der Waals surface area (Å²) >= 11 is 0. The van der Waals surface area contributed by atoms with Gasteiger partial charge in [-0.2, -0.15) is 0 Å². The van der Waals surface area contributed by atoms with Crippen molar-refractivity contribution in [3.8, 4) is 0 Å². The molecule has 3 amide bonds. The molecule has 2 aromatic rings. The lowest BCUT2D eigenvalue weighted by molar-refractivity contribution is -0.129. The molecular weight excluding hydrogens is 494 g/mol. The molecular formula is C31H39N3O5. The van der Waals surface area contributed by atoms with Gasteiger partial charge in [-0.15, -0.1) is 0 Å². The van der Waals surface area contributed by atoms with Crippen molar-refractivity contribution < 1.29 is 24.3 Å². The van der Waals surface area contributed by atoms with Crippen molar-refractivity contribution in [3.05, 3.63) is 95.1 Å². The van der Waals surface area contributed by atoms with Crippen LogP contribution < -0.4 is 10.8 Å². The third-order valence-electron chi connectivity index (χ3n) is 7.03. The van der Waals surface area contributed by atoms with Gasteiger partial charge < -0.3 is 15.0 Å². The number of ether oxygens (including phenoxy) is 1. The molecule has 0 aromatic heterocycles. The topological polar surface area (TPSA) is 108 Å². The van der Waals surface area contributed by atoms with Gasteiger partial charge in [-0.25, -0.2) is 5.48 Å². The molecule has 0 spiro atoms. The van der Waals surface area contributed by atoms with Gasteiger partial charge in [-0.3, -0.25) is 19.6 Å². The monoisotopic (exact) mass is 533 g/mol. The molecule has 2 unspecified atom stereocenters. The number of hydroxylamine groups is 1. The summed E-state index contributed by atoms with van der Waals surface area (Å²) in [6.07, 6.45) is 10.1. The number of rotatable bonds is 13. The van der Waals surface area contributed by atoms with E-state index < -0.39 is 5.60 Å². The van der Waals surface area contributed by atoms with Crippen molar-refractivity contribution >= 4 is 17.7 Å². The minimum atomic E-state index is -0.897. The van der Waals surface area contributed by atoms with Crippen LogP contribution in [0.15, 0.2) is 78.4 Å². The van der Waals surface area contributed by atoms with E-state index >= 15 is 0 Å². The standard InChI is InChI=1S/C31H39N3O5/c1-34(2)30(37)24-16-20-27(21-17-24)31(39-3,25-11-7-6-8-12-25)26-18-14-23(15-19-26)29(36)32-22-10-5-4-9-13-28(35)33-38/h6-8,11-12,14,16-21,23,38H,4-5,9-10,13,15,22H2,1-3H3,(H,32,36)(H,33,35). The largest absolute Gasteiger partial charge is 0.364 e. The highest BCUT2D eigenvalue weighted by atomic mass is 16.5. The minimum Gasteiger partial charge on any atom is -0.364 e. The molecule has 0 bridgehead atoms. The molecule has 2 atom stereocenters. The van der Waals surface area contributed by atoms with Crippen LogP contribution in [0.5, 0.6) is 0 Å². The summed E-state index contributed by atoms with van der Waals surface area (Å²) in [6.45, 7) is 0.579. The van der Waals surface area contributed by atoms with Crippen molar-refractivity contribution in [3.63, 3.8) is 0 Å². The number of nitrogens with zero attached hydrogens (tertiary/aromatic N) is 1. The quantitative estimate of drug-likeness (QED) is 0.202. The lowest BCUT2D eigenvalue weighted by atomic mass is 9.76. The number of carbonyl (C=O) groups is 3. The van der Waals surface area contributed by atoms with E-state index in [2.05, 4.69) is 11.4 Å². The van der Waals surface area contributed by atoms with Gasteiger partial charge in [-0.05, 0) is 48.1 Å².